The molecule has 1 aliphatic rings. The number of alkyl halides is 3. The summed E-state index contributed by atoms with van der Waals surface area (Å²) in [5, 5.41) is 5.17. The third kappa shape index (κ3) is 6.81. The lowest BCUT2D eigenvalue weighted by atomic mass is 9.95. The second kappa shape index (κ2) is 11.0. The van der Waals surface area contributed by atoms with Gasteiger partial charge in [0.25, 0.3) is 11.8 Å². The van der Waals surface area contributed by atoms with Crippen molar-refractivity contribution in [1.82, 2.24) is 10.2 Å². The van der Waals surface area contributed by atoms with Crippen molar-refractivity contribution in [2.24, 2.45) is 5.92 Å². The number of methoxy groups -OCH3 is 1. The van der Waals surface area contributed by atoms with E-state index in [2.05, 4.69) is 15.4 Å². The predicted octanol–water partition coefficient (Wildman–Crippen LogP) is 3.10. The summed E-state index contributed by atoms with van der Waals surface area (Å²) in [6, 6.07) is 10.3. The van der Waals surface area contributed by atoms with Gasteiger partial charge in [0.05, 0.1) is 12.7 Å². The van der Waals surface area contributed by atoms with Crippen LogP contribution in [-0.4, -0.2) is 55.3 Å². The first kappa shape index (κ1) is 25.7. The van der Waals surface area contributed by atoms with Gasteiger partial charge in [-0.05, 0) is 55.3 Å². The van der Waals surface area contributed by atoms with Crippen molar-refractivity contribution in [3.8, 4) is 0 Å². The molecule has 1 saturated heterocycles. The number of nitrogens with zero attached hydrogens (tertiary/aromatic N) is 1. The summed E-state index contributed by atoms with van der Waals surface area (Å²) in [6.45, 7) is 0.289. The van der Waals surface area contributed by atoms with E-state index < -0.39 is 23.6 Å². The minimum absolute atomic E-state index is 0.156. The standard InChI is InChI=1S/C24H24F3N3O5/c1-35-20(31)14-28-21(32)17-3-2-4-19(13-17)29-22(33)15-9-11-30(12-10-15)23(34)16-5-7-18(8-6-16)24(25,26)27/h2-8,13,15H,9-12,14H2,1H3,(H,28,32)(H,29,33). The number of benzene rings is 2. The van der Waals surface area contributed by atoms with Crippen molar-refractivity contribution >= 4 is 29.4 Å². The van der Waals surface area contributed by atoms with Crippen molar-refractivity contribution in [1.29, 1.82) is 0 Å². The summed E-state index contributed by atoms with van der Waals surface area (Å²) in [5.74, 6) is -2.11. The Morgan fingerprint density at radius 1 is 1.00 bits per heavy atom. The minimum atomic E-state index is -4.47. The van der Waals surface area contributed by atoms with Crippen LogP contribution < -0.4 is 10.6 Å². The molecule has 8 nitrogen and oxygen atoms in total. The number of carbonyl (C=O) groups excluding carboxylic acids is 4. The molecule has 0 radical (unpaired) electrons. The second-order valence-electron chi connectivity index (χ2n) is 7.97. The number of hydrogen-bond acceptors (Lipinski definition) is 5. The van der Waals surface area contributed by atoms with E-state index in [0.29, 0.717) is 18.5 Å². The number of anilines is 1. The molecular formula is C24H24F3N3O5. The van der Waals surface area contributed by atoms with Gasteiger partial charge in [0.1, 0.15) is 6.54 Å². The number of carbonyl (C=O) groups is 4. The number of likely N-dealkylation sites (tertiary alicyclic amines) is 1. The minimum Gasteiger partial charge on any atom is -0.468 e. The van der Waals surface area contributed by atoms with Gasteiger partial charge in [0.15, 0.2) is 0 Å². The van der Waals surface area contributed by atoms with Gasteiger partial charge in [0.2, 0.25) is 5.91 Å². The Kier molecular flexibility index (Phi) is 8.10. The molecule has 0 saturated carbocycles. The molecule has 35 heavy (non-hydrogen) atoms. The number of piperidine rings is 1. The van der Waals surface area contributed by atoms with Gasteiger partial charge in [-0.15, -0.1) is 0 Å². The fourth-order valence-electron chi connectivity index (χ4n) is 3.64. The first-order valence-electron chi connectivity index (χ1n) is 10.8. The maximum absolute atomic E-state index is 12.7. The quantitative estimate of drug-likeness (QED) is 0.605. The van der Waals surface area contributed by atoms with E-state index in [9.17, 15) is 32.3 Å². The van der Waals surface area contributed by atoms with Crippen LogP contribution in [0, 0.1) is 5.92 Å². The van der Waals surface area contributed by atoms with Crippen LogP contribution in [0.5, 0.6) is 0 Å². The monoisotopic (exact) mass is 491 g/mol. The van der Waals surface area contributed by atoms with Crippen molar-refractivity contribution in [2.45, 2.75) is 19.0 Å². The van der Waals surface area contributed by atoms with Crippen LogP contribution in [-0.2, 0) is 20.5 Å². The summed E-state index contributed by atoms with van der Waals surface area (Å²) in [7, 11) is 1.21. The van der Waals surface area contributed by atoms with E-state index in [1.165, 1.54) is 24.1 Å². The fraction of sp³-hybridized carbons (Fsp3) is 0.333. The van der Waals surface area contributed by atoms with Gasteiger partial charge in [-0.25, -0.2) is 0 Å². The molecule has 1 fully saturated rings. The highest BCUT2D eigenvalue weighted by Gasteiger charge is 2.31. The summed E-state index contributed by atoms with van der Waals surface area (Å²) < 4.78 is 42.6. The lowest BCUT2D eigenvalue weighted by molar-refractivity contribution is -0.139. The Morgan fingerprint density at radius 3 is 2.26 bits per heavy atom. The van der Waals surface area contributed by atoms with Crippen molar-refractivity contribution in [3.63, 3.8) is 0 Å². The van der Waals surface area contributed by atoms with Gasteiger partial charge in [0, 0.05) is 35.8 Å². The molecule has 2 aromatic carbocycles. The molecule has 0 aromatic heterocycles. The third-order valence-corrected chi connectivity index (χ3v) is 5.63. The molecule has 0 aliphatic carbocycles. The summed E-state index contributed by atoms with van der Waals surface area (Å²) in [5.41, 5.74) is -0.00900. The highest BCUT2D eigenvalue weighted by atomic mass is 19.4. The molecule has 0 unspecified atom stereocenters. The molecule has 0 atom stereocenters. The van der Waals surface area contributed by atoms with Crippen LogP contribution in [0.3, 0.4) is 0 Å². The van der Waals surface area contributed by atoms with Crippen LogP contribution in [0.25, 0.3) is 0 Å². The maximum atomic E-state index is 12.7. The van der Waals surface area contributed by atoms with Crippen molar-refractivity contribution in [2.75, 3.05) is 32.1 Å². The Bertz CT molecular complexity index is 1090. The zero-order chi connectivity index (χ0) is 25.6. The molecular weight excluding hydrogens is 467 g/mol. The largest absolute Gasteiger partial charge is 0.468 e. The lowest BCUT2D eigenvalue weighted by Gasteiger charge is -2.31. The van der Waals surface area contributed by atoms with Gasteiger partial charge in [-0.3, -0.25) is 19.2 Å². The molecule has 2 aromatic rings. The maximum Gasteiger partial charge on any atom is 0.416 e. The fourth-order valence-corrected chi connectivity index (χ4v) is 3.64. The molecule has 2 N–H and O–H groups in total. The molecule has 1 heterocycles. The van der Waals surface area contributed by atoms with Gasteiger partial charge >= 0.3 is 12.1 Å². The number of hydrogen-bond donors (Lipinski definition) is 2. The number of rotatable bonds is 6. The Morgan fingerprint density at radius 2 is 1.66 bits per heavy atom. The zero-order valence-electron chi connectivity index (χ0n) is 18.9. The van der Waals surface area contributed by atoms with Gasteiger partial charge in [-0.1, -0.05) is 6.07 Å². The van der Waals surface area contributed by atoms with Gasteiger partial charge in [-0.2, -0.15) is 13.2 Å². The van der Waals surface area contributed by atoms with Crippen LogP contribution in [0.1, 0.15) is 39.1 Å². The number of halogens is 3. The average Bonchev–Trinajstić information content (AvgIpc) is 2.86. The van der Waals surface area contributed by atoms with E-state index in [1.54, 1.807) is 12.1 Å². The normalized spacial score (nSPS) is 14.2. The number of ether oxygens (including phenoxy) is 1. The zero-order valence-corrected chi connectivity index (χ0v) is 18.9. The van der Waals surface area contributed by atoms with E-state index in [1.807, 2.05) is 0 Å². The summed E-state index contributed by atoms with van der Waals surface area (Å²) in [4.78, 5) is 50.2. The van der Waals surface area contributed by atoms with Crippen molar-refractivity contribution < 1.29 is 37.1 Å². The topological polar surface area (TPSA) is 105 Å². The molecule has 1 aliphatic heterocycles. The number of nitrogens with one attached hydrogen (secondary N) is 2. The SMILES string of the molecule is COC(=O)CNC(=O)c1cccc(NC(=O)C2CCN(C(=O)c3ccc(C(F)(F)F)cc3)CC2)c1. The average molecular weight is 491 g/mol. The Labute approximate surface area is 199 Å². The summed E-state index contributed by atoms with van der Waals surface area (Å²) >= 11 is 0. The first-order valence-corrected chi connectivity index (χ1v) is 10.8. The first-order chi connectivity index (χ1) is 16.6. The highest BCUT2D eigenvalue weighted by Crippen LogP contribution is 2.29. The lowest BCUT2D eigenvalue weighted by Crippen LogP contribution is -2.41. The van der Waals surface area contributed by atoms with Crippen LogP contribution in [0.15, 0.2) is 48.5 Å². The van der Waals surface area contributed by atoms with Gasteiger partial charge < -0.3 is 20.3 Å². The molecule has 0 bridgehead atoms. The summed E-state index contributed by atoms with van der Waals surface area (Å²) in [6.07, 6.45) is -3.70. The smallest absolute Gasteiger partial charge is 0.416 e. The molecule has 3 amide bonds. The van der Waals surface area contributed by atoms with Crippen LogP contribution in [0.4, 0.5) is 18.9 Å². The molecule has 3 rings (SSSR count). The van der Waals surface area contributed by atoms with E-state index >= 15 is 0 Å². The highest BCUT2D eigenvalue weighted by molar-refractivity contribution is 5.99. The van der Waals surface area contributed by atoms with Crippen LogP contribution in [0.2, 0.25) is 0 Å². The molecule has 11 heteroatoms. The van der Waals surface area contributed by atoms with Crippen molar-refractivity contribution in [3.05, 3.63) is 65.2 Å². The Hall–Kier alpha value is -3.89. The van der Waals surface area contributed by atoms with E-state index in [4.69, 9.17) is 0 Å². The Balaban J connectivity index is 1.53. The van der Waals surface area contributed by atoms with E-state index in [-0.39, 0.29) is 48.5 Å². The van der Waals surface area contributed by atoms with Crippen LogP contribution >= 0.6 is 0 Å². The number of amides is 3. The second-order valence-corrected chi connectivity index (χ2v) is 7.97. The third-order valence-electron chi connectivity index (χ3n) is 5.63. The van der Waals surface area contributed by atoms with E-state index in [0.717, 1.165) is 24.3 Å². The molecule has 0 spiro atoms. The molecule has 186 valence electrons. The predicted molar refractivity (Wildman–Crippen MR) is 119 cm³/mol. The number of esters is 1.